The van der Waals surface area contributed by atoms with Crippen molar-refractivity contribution in [1.29, 1.82) is 0 Å². The van der Waals surface area contributed by atoms with E-state index in [1.54, 1.807) is 6.07 Å². The summed E-state index contributed by atoms with van der Waals surface area (Å²) in [5.74, 6) is 6.84. The third kappa shape index (κ3) is 4.60. The van der Waals surface area contributed by atoms with E-state index in [9.17, 15) is 0 Å². The number of H-pyrrole nitrogens is 1. The number of hydrogen-bond donors (Lipinski definition) is 1. The summed E-state index contributed by atoms with van der Waals surface area (Å²) in [6.07, 6.45) is -0.284. The molecule has 1 saturated heterocycles. The van der Waals surface area contributed by atoms with Crippen LogP contribution in [0.4, 0.5) is 0 Å². The van der Waals surface area contributed by atoms with E-state index < -0.39 is 7.94 Å². The molecule has 1 aromatic heterocycles. The van der Waals surface area contributed by atoms with Crippen LogP contribution in [0.5, 0.6) is 11.8 Å². The largest absolute Gasteiger partial charge is 0.454 e. The molecule has 166 valence electrons. The van der Waals surface area contributed by atoms with E-state index in [-0.39, 0.29) is 6.29 Å². The SMILES string of the molecule is CCO[P+]1(c2cccc(Oc3nc4cc(Cl)c(C#Cc5ccccc5)cc4[nH]3)c2)OC(C)O1. The van der Waals surface area contributed by atoms with Crippen molar-refractivity contribution in [2.75, 3.05) is 6.61 Å². The molecule has 6 nitrogen and oxygen atoms in total. The molecule has 1 N–H and O–H groups in total. The Labute approximate surface area is 197 Å². The van der Waals surface area contributed by atoms with Gasteiger partial charge in [-0.15, -0.1) is 9.05 Å². The number of aromatic nitrogens is 2. The zero-order valence-electron chi connectivity index (χ0n) is 18.0. The molecule has 1 aliphatic rings. The molecule has 33 heavy (non-hydrogen) atoms. The van der Waals surface area contributed by atoms with E-state index in [0.29, 0.717) is 34.5 Å². The van der Waals surface area contributed by atoms with Crippen LogP contribution in [0, 0.1) is 11.8 Å². The Morgan fingerprint density at radius 2 is 1.88 bits per heavy atom. The van der Waals surface area contributed by atoms with Gasteiger partial charge in [0.1, 0.15) is 5.75 Å². The molecule has 0 spiro atoms. The zero-order valence-corrected chi connectivity index (χ0v) is 19.7. The molecule has 4 aromatic rings. The van der Waals surface area contributed by atoms with Gasteiger partial charge in [-0.2, -0.15) is 9.51 Å². The lowest BCUT2D eigenvalue weighted by Crippen LogP contribution is -2.34. The summed E-state index contributed by atoms with van der Waals surface area (Å²) >= 11 is 6.44. The number of aromatic amines is 1. The Bertz CT molecular complexity index is 1350. The van der Waals surface area contributed by atoms with Crippen LogP contribution in [-0.2, 0) is 13.6 Å². The molecule has 0 atom stereocenters. The summed E-state index contributed by atoms with van der Waals surface area (Å²) in [4.78, 5) is 7.69. The highest BCUT2D eigenvalue weighted by molar-refractivity contribution is 7.70. The van der Waals surface area contributed by atoms with Gasteiger partial charge in [-0.25, -0.2) is 0 Å². The van der Waals surface area contributed by atoms with Gasteiger partial charge in [-0.1, -0.05) is 47.7 Å². The highest BCUT2D eigenvalue weighted by Gasteiger charge is 2.61. The molecule has 0 aliphatic carbocycles. The first-order valence-electron chi connectivity index (χ1n) is 10.5. The van der Waals surface area contributed by atoms with Crippen LogP contribution in [0.15, 0.2) is 66.7 Å². The van der Waals surface area contributed by atoms with Crippen LogP contribution in [-0.4, -0.2) is 22.9 Å². The second-order valence-electron chi connectivity index (χ2n) is 7.30. The molecule has 1 fully saturated rings. The number of benzene rings is 3. The normalized spacial score (nSPS) is 19.5. The van der Waals surface area contributed by atoms with Gasteiger partial charge >= 0.3 is 7.94 Å². The Morgan fingerprint density at radius 1 is 1.06 bits per heavy atom. The number of fused-ring (bicyclic) bond motifs is 1. The minimum absolute atomic E-state index is 0.284. The van der Waals surface area contributed by atoms with Crippen molar-refractivity contribution in [2.45, 2.75) is 20.1 Å². The van der Waals surface area contributed by atoms with Crippen molar-refractivity contribution in [1.82, 2.24) is 9.97 Å². The van der Waals surface area contributed by atoms with Gasteiger partial charge < -0.3 is 9.72 Å². The fourth-order valence-electron chi connectivity index (χ4n) is 3.47. The van der Waals surface area contributed by atoms with Crippen molar-refractivity contribution in [3.8, 4) is 23.6 Å². The van der Waals surface area contributed by atoms with E-state index >= 15 is 0 Å². The van der Waals surface area contributed by atoms with E-state index in [2.05, 4.69) is 21.8 Å². The molecule has 5 rings (SSSR count). The van der Waals surface area contributed by atoms with Crippen molar-refractivity contribution >= 4 is 35.9 Å². The van der Waals surface area contributed by atoms with Crippen LogP contribution in [0.3, 0.4) is 0 Å². The second kappa shape index (κ2) is 9.15. The molecule has 0 radical (unpaired) electrons. The Kier molecular flexibility index (Phi) is 6.07. The van der Waals surface area contributed by atoms with Crippen LogP contribution < -0.4 is 10.0 Å². The zero-order chi connectivity index (χ0) is 22.8. The van der Waals surface area contributed by atoms with Gasteiger partial charge in [0.25, 0.3) is 12.3 Å². The molecular formula is C25H21ClN2O4P+. The summed E-state index contributed by atoms with van der Waals surface area (Å²) in [5, 5.41) is 1.35. The first kappa shape index (κ1) is 21.9. The molecule has 0 amide bonds. The number of rotatable bonds is 5. The Balaban J connectivity index is 1.40. The number of nitrogens with one attached hydrogen (secondary N) is 1. The highest BCUT2D eigenvalue weighted by Crippen LogP contribution is 2.70. The van der Waals surface area contributed by atoms with Crippen LogP contribution in [0.2, 0.25) is 5.02 Å². The van der Waals surface area contributed by atoms with Crippen LogP contribution in [0.25, 0.3) is 11.0 Å². The van der Waals surface area contributed by atoms with Crippen LogP contribution >= 0.6 is 19.5 Å². The molecule has 8 heteroatoms. The topological polar surface area (TPSA) is 65.6 Å². The number of nitrogens with zero attached hydrogens (tertiary/aromatic N) is 1. The van der Waals surface area contributed by atoms with Gasteiger partial charge in [0.15, 0.2) is 5.30 Å². The summed E-state index contributed by atoms with van der Waals surface area (Å²) in [6.45, 7) is 4.25. The maximum atomic E-state index is 6.44. The summed E-state index contributed by atoms with van der Waals surface area (Å²) in [7, 11) is -2.53. The van der Waals surface area contributed by atoms with Crippen molar-refractivity contribution in [3.05, 3.63) is 82.9 Å². The fraction of sp³-hybridized carbons (Fsp3) is 0.160. The molecule has 2 heterocycles. The predicted molar refractivity (Wildman–Crippen MR) is 130 cm³/mol. The van der Waals surface area contributed by atoms with E-state index in [0.717, 1.165) is 16.4 Å². The standard InChI is InChI=1S/C25H21ClN2O4P/c1-3-29-33(31-17(2)32-33)21-11-7-10-20(15-21)30-25-27-23-14-19(22(26)16-24(23)28-25)13-12-18-8-5-4-6-9-18/h4-11,14-17H,3H2,1-2H3,(H,27,28)/q+1. The lowest BCUT2D eigenvalue weighted by atomic mass is 10.1. The van der Waals surface area contributed by atoms with E-state index in [1.165, 1.54) is 0 Å². The molecule has 0 unspecified atom stereocenters. The highest BCUT2D eigenvalue weighted by atomic mass is 35.5. The van der Waals surface area contributed by atoms with E-state index in [1.807, 2.05) is 74.5 Å². The minimum atomic E-state index is -2.53. The predicted octanol–water partition coefficient (Wildman–Crippen LogP) is 6.23. The number of imidazole rings is 1. The van der Waals surface area contributed by atoms with E-state index in [4.69, 9.17) is 29.9 Å². The third-order valence-electron chi connectivity index (χ3n) is 4.89. The Hall–Kier alpha value is -2.91. The van der Waals surface area contributed by atoms with Gasteiger partial charge in [-0.3, -0.25) is 0 Å². The lowest BCUT2D eigenvalue weighted by molar-refractivity contribution is -0.0972. The summed E-state index contributed by atoms with van der Waals surface area (Å²) in [6, 6.07) is 21.2. The quantitative estimate of drug-likeness (QED) is 0.272. The van der Waals surface area contributed by atoms with Gasteiger partial charge in [-0.05, 0) is 50.2 Å². The minimum Gasteiger partial charge on any atom is -0.425 e. The monoisotopic (exact) mass is 479 g/mol. The Morgan fingerprint density at radius 3 is 2.64 bits per heavy atom. The molecular weight excluding hydrogens is 459 g/mol. The van der Waals surface area contributed by atoms with Gasteiger partial charge in [0.2, 0.25) is 0 Å². The van der Waals surface area contributed by atoms with Gasteiger partial charge in [0.05, 0.1) is 22.7 Å². The number of hydrogen-bond acceptors (Lipinski definition) is 5. The summed E-state index contributed by atoms with van der Waals surface area (Å²) in [5.41, 5.74) is 3.10. The number of halogens is 1. The van der Waals surface area contributed by atoms with Gasteiger partial charge in [0, 0.05) is 17.2 Å². The maximum Gasteiger partial charge on any atom is 0.454 e. The summed E-state index contributed by atoms with van der Waals surface area (Å²) < 4.78 is 23.5. The molecule has 0 bridgehead atoms. The molecule has 3 aromatic carbocycles. The first-order valence-corrected chi connectivity index (χ1v) is 12.4. The van der Waals surface area contributed by atoms with Crippen LogP contribution in [0.1, 0.15) is 25.0 Å². The average molecular weight is 480 g/mol. The molecule has 0 saturated carbocycles. The lowest BCUT2D eigenvalue weighted by Gasteiger charge is -2.32. The van der Waals surface area contributed by atoms with Crippen molar-refractivity contribution in [2.24, 2.45) is 0 Å². The average Bonchev–Trinajstić information content (AvgIpc) is 3.18. The maximum absolute atomic E-state index is 6.44. The second-order valence-corrected chi connectivity index (χ2v) is 9.90. The number of ether oxygens (including phenoxy) is 1. The third-order valence-corrected chi connectivity index (χ3v) is 7.86. The molecule has 1 aliphatic heterocycles. The van der Waals surface area contributed by atoms with Crippen molar-refractivity contribution in [3.63, 3.8) is 0 Å². The first-order chi connectivity index (χ1) is 16.0. The smallest absolute Gasteiger partial charge is 0.425 e. The van der Waals surface area contributed by atoms with Crippen molar-refractivity contribution < 1.29 is 18.3 Å². The fourth-order valence-corrected chi connectivity index (χ4v) is 5.88.